The smallest absolute Gasteiger partial charge is 0.251 e. The molecule has 0 saturated carbocycles. The molecule has 32 heavy (non-hydrogen) atoms. The third kappa shape index (κ3) is 5.13. The highest BCUT2D eigenvalue weighted by Gasteiger charge is 2.07. The largest absolute Gasteiger partial charge is 0.487 e. The minimum Gasteiger partial charge on any atom is -0.487 e. The molecule has 4 aromatic rings. The maximum Gasteiger partial charge on any atom is 0.251 e. The van der Waals surface area contributed by atoms with Crippen LogP contribution in [0.3, 0.4) is 0 Å². The number of carbonyl (C=O) groups is 2. The number of carbonyl (C=O) groups excluding carboxylic acids is 2. The first-order valence-corrected chi connectivity index (χ1v) is 10.3. The van der Waals surface area contributed by atoms with Crippen molar-refractivity contribution in [3.05, 3.63) is 101 Å². The third-order valence-electron chi connectivity index (χ3n) is 5.06. The molecule has 0 aliphatic rings. The SMILES string of the molecule is Cc1ccc2nc(COc3ccc(C(=O)NCCc4cccc(C(N)=O)c4)cc3)cn2c1. The van der Waals surface area contributed by atoms with Gasteiger partial charge in [0.15, 0.2) is 0 Å². The van der Waals surface area contributed by atoms with Crippen molar-refractivity contribution in [3.8, 4) is 5.75 Å². The fraction of sp³-hybridized carbons (Fsp3) is 0.160. The van der Waals surface area contributed by atoms with Gasteiger partial charge in [0, 0.05) is 30.1 Å². The van der Waals surface area contributed by atoms with E-state index in [1.807, 2.05) is 41.9 Å². The second kappa shape index (κ2) is 9.34. The number of pyridine rings is 1. The number of nitrogens with zero attached hydrogens (tertiary/aromatic N) is 2. The van der Waals surface area contributed by atoms with E-state index in [-0.39, 0.29) is 5.91 Å². The summed E-state index contributed by atoms with van der Waals surface area (Å²) >= 11 is 0. The van der Waals surface area contributed by atoms with Crippen LogP contribution in [0, 0.1) is 6.92 Å². The zero-order chi connectivity index (χ0) is 22.5. The quantitative estimate of drug-likeness (QED) is 0.450. The molecule has 162 valence electrons. The summed E-state index contributed by atoms with van der Waals surface area (Å²) in [6.45, 7) is 2.83. The van der Waals surface area contributed by atoms with Gasteiger partial charge in [0.25, 0.3) is 5.91 Å². The summed E-state index contributed by atoms with van der Waals surface area (Å²) < 4.78 is 7.79. The number of primary amides is 1. The summed E-state index contributed by atoms with van der Waals surface area (Å²) in [4.78, 5) is 28.2. The Kier molecular flexibility index (Phi) is 6.17. The molecule has 0 aliphatic heterocycles. The lowest BCUT2D eigenvalue weighted by Gasteiger charge is -2.08. The predicted molar refractivity (Wildman–Crippen MR) is 122 cm³/mol. The van der Waals surface area contributed by atoms with Crippen molar-refractivity contribution in [3.63, 3.8) is 0 Å². The van der Waals surface area contributed by atoms with E-state index in [2.05, 4.69) is 10.3 Å². The van der Waals surface area contributed by atoms with Crippen molar-refractivity contribution in [2.45, 2.75) is 20.0 Å². The van der Waals surface area contributed by atoms with Gasteiger partial charge in [-0.1, -0.05) is 18.2 Å². The molecule has 0 aliphatic carbocycles. The number of rotatable bonds is 8. The summed E-state index contributed by atoms with van der Waals surface area (Å²) in [6, 6.07) is 18.1. The molecule has 0 bridgehead atoms. The molecule has 0 spiro atoms. The molecule has 0 fully saturated rings. The van der Waals surface area contributed by atoms with E-state index in [1.165, 1.54) is 0 Å². The molecule has 2 amide bonds. The fourth-order valence-corrected chi connectivity index (χ4v) is 3.39. The zero-order valence-corrected chi connectivity index (χ0v) is 17.7. The number of aromatic nitrogens is 2. The lowest BCUT2D eigenvalue weighted by atomic mass is 10.1. The Morgan fingerprint density at radius 3 is 2.62 bits per heavy atom. The second-order valence-corrected chi connectivity index (χ2v) is 7.59. The monoisotopic (exact) mass is 428 g/mol. The highest BCUT2D eigenvalue weighted by molar-refractivity contribution is 5.94. The molecule has 0 unspecified atom stereocenters. The Balaban J connectivity index is 1.28. The van der Waals surface area contributed by atoms with Crippen molar-refractivity contribution in [1.29, 1.82) is 0 Å². The Morgan fingerprint density at radius 2 is 1.84 bits per heavy atom. The number of benzene rings is 2. The third-order valence-corrected chi connectivity index (χ3v) is 5.06. The van der Waals surface area contributed by atoms with Gasteiger partial charge in [-0.05, 0) is 66.9 Å². The second-order valence-electron chi connectivity index (χ2n) is 7.59. The van der Waals surface area contributed by atoms with Gasteiger partial charge in [0.1, 0.15) is 18.0 Å². The molecule has 2 heterocycles. The summed E-state index contributed by atoms with van der Waals surface area (Å²) in [7, 11) is 0. The van der Waals surface area contributed by atoms with E-state index in [9.17, 15) is 9.59 Å². The molecule has 0 saturated heterocycles. The maximum absolute atomic E-state index is 12.4. The normalized spacial score (nSPS) is 10.8. The minimum absolute atomic E-state index is 0.168. The van der Waals surface area contributed by atoms with Crippen LogP contribution in [0.2, 0.25) is 0 Å². The van der Waals surface area contributed by atoms with Crippen LogP contribution < -0.4 is 15.8 Å². The van der Waals surface area contributed by atoms with Crippen LogP contribution in [0.5, 0.6) is 5.75 Å². The number of hydrogen-bond donors (Lipinski definition) is 2. The van der Waals surface area contributed by atoms with Gasteiger partial charge >= 0.3 is 0 Å². The number of nitrogens with two attached hydrogens (primary N) is 1. The standard InChI is InChI=1S/C25H24N4O3/c1-17-5-10-23-28-21(15-29(23)14-17)16-32-22-8-6-19(7-9-22)25(31)27-12-11-18-3-2-4-20(13-18)24(26)30/h2-10,13-15H,11-12,16H2,1H3,(H2,26,30)(H,27,31). The maximum atomic E-state index is 12.4. The zero-order valence-electron chi connectivity index (χ0n) is 17.7. The van der Waals surface area contributed by atoms with Crippen molar-refractivity contribution in [2.24, 2.45) is 5.73 Å². The Morgan fingerprint density at radius 1 is 1.03 bits per heavy atom. The molecule has 3 N–H and O–H groups in total. The average molecular weight is 428 g/mol. The van der Waals surface area contributed by atoms with Crippen LogP contribution in [0.15, 0.2) is 73.1 Å². The highest BCUT2D eigenvalue weighted by Crippen LogP contribution is 2.15. The lowest BCUT2D eigenvalue weighted by molar-refractivity contribution is 0.0952. The summed E-state index contributed by atoms with van der Waals surface area (Å²) in [5.41, 5.74) is 10.1. The number of fused-ring (bicyclic) bond motifs is 1. The molecular formula is C25H24N4O3. The first-order valence-electron chi connectivity index (χ1n) is 10.3. The summed E-state index contributed by atoms with van der Waals surface area (Å²) in [6.07, 6.45) is 4.57. The van der Waals surface area contributed by atoms with E-state index in [0.717, 1.165) is 22.5 Å². The van der Waals surface area contributed by atoms with E-state index < -0.39 is 5.91 Å². The molecule has 7 heteroatoms. The van der Waals surface area contributed by atoms with E-state index >= 15 is 0 Å². The number of nitrogens with one attached hydrogen (secondary N) is 1. The van der Waals surface area contributed by atoms with Crippen LogP contribution in [0.25, 0.3) is 5.65 Å². The van der Waals surface area contributed by atoms with Gasteiger partial charge in [0.2, 0.25) is 5.91 Å². The van der Waals surface area contributed by atoms with E-state index in [4.69, 9.17) is 10.5 Å². The van der Waals surface area contributed by atoms with E-state index in [0.29, 0.717) is 36.4 Å². The highest BCUT2D eigenvalue weighted by atomic mass is 16.5. The molecule has 0 atom stereocenters. The number of aryl methyl sites for hydroxylation is 1. The van der Waals surface area contributed by atoms with Crippen LogP contribution >= 0.6 is 0 Å². The molecular weight excluding hydrogens is 404 g/mol. The van der Waals surface area contributed by atoms with E-state index in [1.54, 1.807) is 42.5 Å². The van der Waals surface area contributed by atoms with Crippen LogP contribution in [-0.4, -0.2) is 27.7 Å². The fourth-order valence-electron chi connectivity index (χ4n) is 3.39. The lowest BCUT2D eigenvalue weighted by Crippen LogP contribution is -2.25. The Hall–Kier alpha value is -4.13. The van der Waals surface area contributed by atoms with Gasteiger partial charge in [-0.15, -0.1) is 0 Å². The van der Waals surface area contributed by atoms with Gasteiger partial charge in [0.05, 0.1) is 5.69 Å². The van der Waals surface area contributed by atoms with Crippen molar-refractivity contribution in [1.82, 2.24) is 14.7 Å². The van der Waals surface area contributed by atoms with Gasteiger partial charge in [-0.2, -0.15) is 0 Å². The first kappa shape index (κ1) is 21.1. The Labute approximate surface area is 185 Å². The van der Waals surface area contributed by atoms with Crippen molar-refractivity contribution >= 4 is 17.5 Å². The Bertz CT molecular complexity index is 1260. The topological polar surface area (TPSA) is 98.7 Å². The van der Waals surface area contributed by atoms with Crippen LogP contribution in [0.1, 0.15) is 37.5 Å². The van der Waals surface area contributed by atoms with Gasteiger partial charge in [-0.25, -0.2) is 4.98 Å². The predicted octanol–water partition coefficient (Wildman–Crippen LogP) is 3.29. The summed E-state index contributed by atoms with van der Waals surface area (Å²) in [5, 5.41) is 2.88. The van der Waals surface area contributed by atoms with Crippen molar-refractivity contribution in [2.75, 3.05) is 6.54 Å². The average Bonchev–Trinajstić information content (AvgIpc) is 3.20. The minimum atomic E-state index is -0.463. The molecule has 2 aromatic carbocycles. The number of imidazole rings is 1. The number of ether oxygens (including phenoxy) is 1. The van der Waals surface area contributed by atoms with Gasteiger partial charge in [-0.3, -0.25) is 9.59 Å². The van der Waals surface area contributed by atoms with Crippen LogP contribution in [-0.2, 0) is 13.0 Å². The molecule has 0 radical (unpaired) electrons. The number of amides is 2. The number of hydrogen-bond acceptors (Lipinski definition) is 4. The molecule has 4 rings (SSSR count). The van der Waals surface area contributed by atoms with Crippen molar-refractivity contribution < 1.29 is 14.3 Å². The molecule has 7 nitrogen and oxygen atoms in total. The first-order chi connectivity index (χ1) is 15.5. The van der Waals surface area contributed by atoms with Crippen LogP contribution in [0.4, 0.5) is 0 Å². The molecule has 2 aromatic heterocycles. The summed E-state index contributed by atoms with van der Waals surface area (Å²) in [5.74, 6) is 0.0332. The van der Waals surface area contributed by atoms with Gasteiger partial charge < -0.3 is 20.2 Å².